The number of nitrogens with zero attached hydrogens (tertiary/aromatic N) is 3. The normalized spacial score (nSPS) is 10.7. The zero-order chi connectivity index (χ0) is 25.1. The van der Waals surface area contributed by atoms with E-state index in [1.165, 1.54) is 17.8 Å². The summed E-state index contributed by atoms with van der Waals surface area (Å²) >= 11 is 0. The first kappa shape index (κ1) is 25.9. The number of hydrogen-bond donors (Lipinski definition) is 2. The maximum Gasteiger partial charge on any atom is 0.270 e. The first-order valence-corrected chi connectivity index (χ1v) is 10.5. The molecule has 3 aromatic rings. The van der Waals surface area contributed by atoms with Crippen LogP contribution in [0.3, 0.4) is 0 Å². The quantitative estimate of drug-likeness (QED) is 0.300. The van der Waals surface area contributed by atoms with Crippen molar-refractivity contribution in [1.29, 1.82) is 5.26 Å². The standard InChI is InChI=1S/C19H17FN2O3.C7H10N2/c1-3-25-17-7-5-4-6-16(17)22-19(24)14(11-21)18(23)13-9-8-12(2)15(20)10-13;1-9(2)7-3-5-8-6-4-7/h4-10,23H,3H2,1-2H3,(H,22,24);3-6H,1-2H3/b18-14-;. The summed E-state index contributed by atoms with van der Waals surface area (Å²) in [6.07, 6.45) is 3.57. The van der Waals surface area contributed by atoms with Crippen molar-refractivity contribution in [3.05, 3.63) is 89.5 Å². The molecule has 8 heteroatoms. The number of hydrogen-bond acceptors (Lipinski definition) is 6. The second-order valence-corrected chi connectivity index (χ2v) is 7.28. The van der Waals surface area contributed by atoms with Gasteiger partial charge in [0, 0.05) is 37.7 Å². The molecule has 2 aromatic carbocycles. The van der Waals surface area contributed by atoms with Crippen molar-refractivity contribution in [3.63, 3.8) is 0 Å². The van der Waals surface area contributed by atoms with Crippen LogP contribution in [-0.4, -0.2) is 36.7 Å². The van der Waals surface area contributed by atoms with Crippen molar-refractivity contribution >= 4 is 23.0 Å². The van der Waals surface area contributed by atoms with E-state index in [0.29, 0.717) is 23.6 Å². The number of pyridine rings is 1. The lowest BCUT2D eigenvalue weighted by atomic mass is 10.1. The zero-order valence-corrected chi connectivity index (χ0v) is 19.5. The summed E-state index contributed by atoms with van der Waals surface area (Å²) in [5.74, 6) is -1.50. The molecule has 34 heavy (non-hydrogen) atoms. The topological polar surface area (TPSA) is 98.5 Å². The van der Waals surface area contributed by atoms with Gasteiger partial charge in [0.1, 0.15) is 23.4 Å². The molecule has 0 aliphatic carbocycles. The minimum atomic E-state index is -0.812. The number of ether oxygens (including phenoxy) is 1. The Morgan fingerprint density at radius 3 is 2.41 bits per heavy atom. The minimum Gasteiger partial charge on any atom is -0.506 e. The first-order chi connectivity index (χ1) is 16.3. The van der Waals surface area contributed by atoms with Crippen molar-refractivity contribution in [2.45, 2.75) is 13.8 Å². The maximum absolute atomic E-state index is 13.7. The summed E-state index contributed by atoms with van der Waals surface area (Å²) in [7, 11) is 4.02. The van der Waals surface area contributed by atoms with Crippen molar-refractivity contribution in [1.82, 2.24) is 4.98 Å². The third-order valence-electron chi connectivity index (χ3n) is 4.64. The number of nitriles is 1. The Morgan fingerprint density at radius 2 is 1.85 bits per heavy atom. The van der Waals surface area contributed by atoms with Crippen molar-refractivity contribution in [2.75, 3.05) is 30.9 Å². The number of para-hydroxylation sites is 2. The number of carbonyl (C=O) groups excluding carboxylic acids is 1. The number of carbonyl (C=O) groups is 1. The number of benzene rings is 2. The molecule has 3 rings (SSSR count). The molecule has 0 aliphatic heterocycles. The highest BCUT2D eigenvalue weighted by Gasteiger charge is 2.18. The summed E-state index contributed by atoms with van der Waals surface area (Å²) in [6.45, 7) is 3.78. The van der Waals surface area contributed by atoms with Gasteiger partial charge in [-0.25, -0.2) is 4.39 Å². The molecule has 1 amide bonds. The van der Waals surface area contributed by atoms with Gasteiger partial charge in [-0.1, -0.05) is 24.3 Å². The van der Waals surface area contributed by atoms with E-state index in [2.05, 4.69) is 10.3 Å². The van der Waals surface area contributed by atoms with Crippen LogP contribution in [0.25, 0.3) is 5.76 Å². The molecule has 7 nitrogen and oxygen atoms in total. The van der Waals surface area contributed by atoms with E-state index >= 15 is 0 Å². The maximum atomic E-state index is 13.7. The molecule has 0 radical (unpaired) electrons. The summed E-state index contributed by atoms with van der Waals surface area (Å²) in [4.78, 5) is 18.3. The number of amides is 1. The molecule has 0 unspecified atom stereocenters. The Balaban J connectivity index is 0.000000379. The molecular weight excluding hydrogens is 435 g/mol. The van der Waals surface area contributed by atoms with Crippen LogP contribution in [0.5, 0.6) is 5.75 Å². The molecule has 1 aromatic heterocycles. The van der Waals surface area contributed by atoms with Crippen LogP contribution in [0.4, 0.5) is 15.8 Å². The van der Waals surface area contributed by atoms with Crippen LogP contribution in [0.2, 0.25) is 0 Å². The van der Waals surface area contributed by atoms with E-state index in [-0.39, 0.29) is 5.56 Å². The van der Waals surface area contributed by atoms with Crippen LogP contribution in [0, 0.1) is 24.1 Å². The number of aryl methyl sites for hydroxylation is 1. The fourth-order valence-corrected chi connectivity index (χ4v) is 2.77. The molecule has 0 aliphatic rings. The number of anilines is 2. The Labute approximate surface area is 198 Å². The molecule has 0 atom stereocenters. The molecule has 176 valence electrons. The average Bonchev–Trinajstić information content (AvgIpc) is 2.83. The minimum absolute atomic E-state index is 0.0490. The lowest BCUT2D eigenvalue weighted by molar-refractivity contribution is -0.112. The summed E-state index contributed by atoms with van der Waals surface area (Å²) in [5.41, 5.74) is 1.47. The summed E-state index contributed by atoms with van der Waals surface area (Å²) in [6, 6.07) is 16.3. The number of halogens is 1. The molecule has 0 bridgehead atoms. The van der Waals surface area contributed by atoms with Gasteiger partial charge in [0.2, 0.25) is 0 Å². The van der Waals surface area contributed by atoms with Crippen LogP contribution in [0.15, 0.2) is 72.6 Å². The third kappa shape index (κ3) is 7.07. The Kier molecular flexibility index (Phi) is 9.59. The fourth-order valence-electron chi connectivity index (χ4n) is 2.77. The smallest absolute Gasteiger partial charge is 0.270 e. The van der Waals surface area contributed by atoms with Crippen LogP contribution < -0.4 is 15.0 Å². The molecule has 0 saturated carbocycles. The van der Waals surface area contributed by atoms with Gasteiger partial charge in [-0.3, -0.25) is 9.78 Å². The highest BCUT2D eigenvalue weighted by atomic mass is 19.1. The first-order valence-electron chi connectivity index (χ1n) is 10.5. The molecule has 0 fully saturated rings. The van der Waals surface area contributed by atoms with Gasteiger partial charge in [-0.05, 0) is 49.7 Å². The van der Waals surface area contributed by atoms with E-state index < -0.39 is 23.1 Å². The van der Waals surface area contributed by atoms with Crippen molar-refractivity contribution in [2.24, 2.45) is 0 Å². The van der Waals surface area contributed by atoms with Gasteiger partial charge in [0.05, 0.1) is 12.3 Å². The second-order valence-electron chi connectivity index (χ2n) is 7.28. The number of rotatable bonds is 6. The molecular formula is C26H27FN4O3. The van der Waals surface area contributed by atoms with Gasteiger partial charge in [0.15, 0.2) is 5.57 Å². The number of aromatic nitrogens is 1. The predicted molar refractivity (Wildman–Crippen MR) is 131 cm³/mol. The third-order valence-corrected chi connectivity index (χ3v) is 4.64. The Bertz CT molecular complexity index is 1190. The number of nitrogens with one attached hydrogen (secondary N) is 1. The lowest BCUT2D eigenvalue weighted by Crippen LogP contribution is -2.16. The Hall–Kier alpha value is -4.38. The Morgan fingerprint density at radius 1 is 1.18 bits per heavy atom. The van der Waals surface area contributed by atoms with E-state index in [4.69, 9.17) is 4.74 Å². The van der Waals surface area contributed by atoms with Gasteiger partial charge in [-0.15, -0.1) is 0 Å². The monoisotopic (exact) mass is 462 g/mol. The molecule has 2 N–H and O–H groups in total. The molecule has 0 saturated heterocycles. The van der Waals surface area contributed by atoms with Crippen LogP contribution in [0.1, 0.15) is 18.1 Å². The van der Waals surface area contributed by atoms with Crippen LogP contribution >= 0.6 is 0 Å². The highest BCUT2D eigenvalue weighted by molar-refractivity contribution is 6.11. The zero-order valence-electron chi connectivity index (χ0n) is 19.5. The average molecular weight is 463 g/mol. The van der Waals surface area contributed by atoms with Gasteiger partial charge in [0.25, 0.3) is 5.91 Å². The highest BCUT2D eigenvalue weighted by Crippen LogP contribution is 2.25. The van der Waals surface area contributed by atoms with E-state index in [1.807, 2.05) is 31.1 Å². The van der Waals surface area contributed by atoms with Gasteiger partial charge >= 0.3 is 0 Å². The van der Waals surface area contributed by atoms with Gasteiger partial charge in [-0.2, -0.15) is 5.26 Å². The van der Waals surface area contributed by atoms with Crippen molar-refractivity contribution in [3.8, 4) is 11.8 Å². The van der Waals surface area contributed by atoms with E-state index in [9.17, 15) is 19.6 Å². The fraction of sp³-hybridized carbons (Fsp3) is 0.192. The molecule has 1 heterocycles. The molecule has 0 spiro atoms. The largest absolute Gasteiger partial charge is 0.506 e. The predicted octanol–water partition coefficient (Wildman–Crippen LogP) is 5.11. The summed E-state index contributed by atoms with van der Waals surface area (Å²) in [5, 5.41) is 22.0. The number of aliphatic hydroxyl groups is 1. The SMILES string of the molecule is CCOc1ccccc1NC(=O)/C(C#N)=C(\O)c1ccc(C)c(F)c1.CN(C)c1ccncc1. The lowest BCUT2D eigenvalue weighted by Gasteiger charge is -2.11. The summed E-state index contributed by atoms with van der Waals surface area (Å²) < 4.78 is 19.1. The number of aliphatic hydroxyl groups excluding tert-OH is 1. The van der Waals surface area contributed by atoms with Crippen molar-refractivity contribution < 1.29 is 19.0 Å². The second kappa shape index (κ2) is 12.6. The van der Waals surface area contributed by atoms with Gasteiger partial charge < -0.3 is 20.1 Å². The van der Waals surface area contributed by atoms with E-state index in [0.717, 1.165) is 6.07 Å². The van der Waals surface area contributed by atoms with Crippen LogP contribution in [-0.2, 0) is 4.79 Å². The van der Waals surface area contributed by atoms with E-state index in [1.54, 1.807) is 56.6 Å².